The molecule has 0 aliphatic rings. The molecule has 0 aromatic heterocycles. The lowest BCUT2D eigenvalue weighted by atomic mass is 10.0. The number of halogens is 2. The molecule has 0 aliphatic carbocycles. The van der Waals surface area contributed by atoms with E-state index in [1.165, 1.54) is 35.2 Å². The SMILES string of the molecule is CC[C@@H](C)NC(=O)[C@@H](Cc1ccccc1)N(Cc1ccccc1F)C(=O)CN(c1cccc(Cl)c1)S(=O)(=O)c1ccc(C)cc1. The minimum absolute atomic E-state index is 0.0168. The summed E-state index contributed by atoms with van der Waals surface area (Å²) in [6.07, 6.45) is 0.785. The number of nitrogens with zero attached hydrogens (tertiary/aromatic N) is 2. The van der Waals surface area contributed by atoms with E-state index in [0.29, 0.717) is 6.42 Å². The molecule has 0 bridgehead atoms. The van der Waals surface area contributed by atoms with E-state index in [-0.39, 0.29) is 40.2 Å². The van der Waals surface area contributed by atoms with Crippen LogP contribution < -0.4 is 9.62 Å². The third-order valence-electron chi connectivity index (χ3n) is 7.55. The maximum atomic E-state index is 15.0. The van der Waals surface area contributed by atoms with Crippen LogP contribution in [-0.4, -0.2) is 43.8 Å². The van der Waals surface area contributed by atoms with Crippen LogP contribution in [0.3, 0.4) is 0 Å². The molecule has 0 aliphatic heterocycles. The first kappa shape index (κ1) is 33.7. The van der Waals surface area contributed by atoms with E-state index < -0.39 is 40.2 Å². The third-order valence-corrected chi connectivity index (χ3v) is 9.58. The molecule has 0 saturated carbocycles. The van der Waals surface area contributed by atoms with Crippen molar-refractivity contribution in [3.63, 3.8) is 0 Å². The molecule has 4 aromatic carbocycles. The number of anilines is 1. The van der Waals surface area contributed by atoms with Gasteiger partial charge in [0.1, 0.15) is 18.4 Å². The minimum atomic E-state index is -4.27. The molecule has 45 heavy (non-hydrogen) atoms. The van der Waals surface area contributed by atoms with Gasteiger partial charge in [-0.3, -0.25) is 13.9 Å². The standard InChI is InChI=1S/C35H37ClFN3O4S/c1-4-26(3)38-35(42)33(21-27-11-6-5-7-12-27)39(23-28-13-8-9-16-32(28)37)34(41)24-40(30-15-10-14-29(36)22-30)45(43,44)31-19-17-25(2)18-20-31/h5-20,22,26,33H,4,21,23-24H2,1-3H3,(H,38,42)/t26-,33-/m1/s1. The molecule has 0 heterocycles. The second kappa shape index (κ2) is 15.2. The zero-order chi connectivity index (χ0) is 32.6. The average Bonchev–Trinajstić information content (AvgIpc) is 3.02. The van der Waals surface area contributed by atoms with Crippen LogP contribution in [-0.2, 0) is 32.6 Å². The van der Waals surface area contributed by atoms with E-state index in [1.54, 1.807) is 42.5 Å². The summed E-state index contributed by atoms with van der Waals surface area (Å²) in [5.74, 6) is -1.65. The molecule has 2 atom stereocenters. The van der Waals surface area contributed by atoms with Crippen molar-refractivity contribution in [3.05, 3.63) is 131 Å². The van der Waals surface area contributed by atoms with E-state index in [1.807, 2.05) is 51.1 Å². The fourth-order valence-electron chi connectivity index (χ4n) is 4.80. The quantitative estimate of drug-likeness (QED) is 0.178. The lowest BCUT2D eigenvalue weighted by Gasteiger charge is -2.34. The Labute approximate surface area is 269 Å². The van der Waals surface area contributed by atoms with E-state index in [0.717, 1.165) is 15.4 Å². The number of hydrogen-bond acceptors (Lipinski definition) is 4. The molecule has 0 spiro atoms. The highest BCUT2D eigenvalue weighted by Gasteiger charge is 2.35. The molecule has 0 saturated heterocycles. The molecule has 7 nitrogen and oxygen atoms in total. The van der Waals surface area contributed by atoms with Crippen molar-refractivity contribution in [2.45, 2.75) is 57.1 Å². The molecule has 4 aromatic rings. The summed E-state index contributed by atoms with van der Waals surface area (Å²) < 4.78 is 44.2. The van der Waals surface area contributed by atoms with Crippen molar-refractivity contribution in [2.75, 3.05) is 10.8 Å². The largest absolute Gasteiger partial charge is 0.352 e. The molecule has 4 rings (SSSR count). The topological polar surface area (TPSA) is 86.8 Å². The Morgan fingerprint density at radius 3 is 2.22 bits per heavy atom. The molecular formula is C35H37ClFN3O4S. The summed E-state index contributed by atoms with van der Waals surface area (Å²) in [5, 5.41) is 3.24. The highest BCUT2D eigenvalue weighted by molar-refractivity contribution is 7.92. The fourth-order valence-corrected chi connectivity index (χ4v) is 6.39. The van der Waals surface area contributed by atoms with Crippen molar-refractivity contribution in [1.82, 2.24) is 10.2 Å². The van der Waals surface area contributed by atoms with Gasteiger partial charge < -0.3 is 10.2 Å². The number of benzene rings is 4. The van der Waals surface area contributed by atoms with Crippen molar-refractivity contribution >= 4 is 39.1 Å². The van der Waals surface area contributed by atoms with Crippen LogP contribution in [0.1, 0.15) is 37.0 Å². The van der Waals surface area contributed by atoms with Crippen molar-refractivity contribution in [2.24, 2.45) is 0 Å². The highest BCUT2D eigenvalue weighted by atomic mass is 35.5. The summed E-state index contributed by atoms with van der Waals surface area (Å²) >= 11 is 6.26. The second-order valence-corrected chi connectivity index (χ2v) is 13.2. The lowest BCUT2D eigenvalue weighted by Crippen LogP contribution is -2.54. The summed E-state index contributed by atoms with van der Waals surface area (Å²) in [5.41, 5.74) is 2.01. The summed E-state index contributed by atoms with van der Waals surface area (Å²) in [7, 11) is -4.27. The van der Waals surface area contributed by atoms with Crippen LogP contribution in [0.15, 0.2) is 108 Å². The number of carbonyl (C=O) groups is 2. The van der Waals surface area contributed by atoms with Gasteiger partial charge in [0.25, 0.3) is 10.0 Å². The summed E-state index contributed by atoms with van der Waals surface area (Å²) in [4.78, 5) is 29.5. The third kappa shape index (κ3) is 8.71. The molecule has 1 N–H and O–H groups in total. The van der Waals surface area contributed by atoms with Crippen LogP contribution in [0.4, 0.5) is 10.1 Å². The molecule has 0 unspecified atom stereocenters. The highest BCUT2D eigenvalue weighted by Crippen LogP contribution is 2.27. The first-order chi connectivity index (χ1) is 21.5. The smallest absolute Gasteiger partial charge is 0.264 e. The van der Waals surface area contributed by atoms with Gasteiger partial charge in [-0.05, 0) is 62.2 Å². The Hall–Kier alpha value is -4.21. The van der Waals surface area contributed by atoms with E-state index in [4.69, 9.17) is 11.6 Å². The van der Waals surface area contributed by atoms with Crippen LogP contribution in [0.5, 0.6) is 0 Å². The number of rotatable bonds is 13. The number of nitrogens with one attached hydrogen (secondary N) is 1. The Bertz CT molecular complexity index is 1720. The van der Waals surface area contributed by atoms with E-state index in [9.17, 15) is 18.0 Å². The first-order valence-corrected chi connectivity index (χ1v) is 16.5. The average molecular weight is 650 g/mol. The molecule has 2 amide bonds. The molecule has 10 heteroatoms. The maximum Gasteiger partial charge on any atom is 0.264 e. The number of amides is 2. The van der Waals surface area contributed by atoms with Crippen LogP contribution in [0.25, 0.3) is 0 Å². The summed E-state index contributed by atoms with van der Waals surface area (Å²) in [6.45, 7) is 4.71. The first-order valence-electron chi connectivity index (χ1n) is 14.7. The van der Waals surface area contributed by atoms with Gasteiger partial charge in [0.2, 0.25) is 11.8 Å². The van der Waals surface area contributed by atoms with Gasteiger partial charge in [-0.15, -0.1) is 0 Å². The van der Waals surface area contributed by atoms with Gasteiger partial charge in [-0.25, -0.2) is 12.8 Å². The van der Waals surface area contributed by atoms with Gasteiger partial charge in [0.15, 0.2) is 0 Å². The van der Waals surface area contributed by atoms with E-state index >= 15 is 4.39 Å². The Kier molecular flexibility index (Phi) is 11.4. The zero-order valence-corrected chi connectivity index (χ0v) is 27.1. The van der Waals surface area contributed by atoms with Crippen molar-refractivity contribution in [1.29, 1.82) is 0 Å². The molecule has 0 radical (unpaired) electrons. The fraction of sp³-hybridized carbons (Fsp3) is 0.257. The van der Waals surface area contributed by atoms with Gasteiger partial charge >= 0.3 is 0 Å². The van der Waals surface area contributed by atoms with Crippen LogP contribution in [0.2, 0.25) is 5.02 Å². The number of sulfonamides is 1. The predicted octanol–water partition coefficient (Wildman–Crippen LogP) is 6.54. The minimum Gasteiger partial charge on any atom is -0.352 e. The van der Waals surface area contributed by atoms with Gasteiger partial charge in [-0.1, -0.05) is 90.8 Å². The van der Waals surface area contributed by atoms with E-state index in [2.05, 4.69) is 5.32 Å². The van der Waals surface area contributed by atoms with Gasteiger partial charge in [0, 0.05) is 29.6 Å². The normalized spacial score (nSPS) is 12.6. The molecule has 0 fully saturated rings. The zero-order valence-electron chi connectivity index (χ0n) is 25.5. The Balaban J connectivity index is 1.82. The second-order valence-electron chi connectivity index (χ2n) is 10.9. The molecular weight excluding hydrogens is 613 g/mol. The number of hydrogen-bond donors (Lipinski definition) is 1. The van der Waals surface area contributed by atoms with Crippen molar-refractivity contribution < 1.29 is 22.4 Å². The van der Waals surface area contributed by atoms with Gasteiger partial charge in [-0.2, -0.15) is 0 Å². The van der Waals surface area contributed by atoms with Crippen LogP contribution >= 0.6 is 11.6 Å². The summed E-state index contributed by atoms with van der Waals surface area (Å²) in [6, 6.07) is 26.4. The number of carbonyl (C=O) groups excluding carboxylic acids is 2. The molecule has 236 valence electrons. The monoisotopic (exact) mass is 649 g/mol. The maximum absolute atomic E-state index is 15.0. The predicted molar refractivity (Wildman–Crippen MR) is 176 cm³/mol. The Morgan fingerprint density at radius 2 is 1.58 bits per heavy atom. The van der Waals surface area contributed by atoms with Crippen molar-refractivity contribution in [3.8, 4) is 0 Å². The van der Waals surface area contributed by atoms with Gasteiger partial charge in [0.05, 0.1) is 10.6 Å². The Morgan fingerprint density at radius 1 is 0.911 bits per heavy atom. The van der Waals surface area contributed by atoms with Crippen LogP contribution in [0, 0.1) is 12.7 Å². The number of aryl methyl sites for hydroxylation is 1. The lowest BCUT2D eigenvalue weighted by molar-refractivity contribution is -0.140.